The Hall–Kier alpha value is -3.07. The van der Waals surface area contributed by atoms with Crippen molar-refractivity contribution in [3.63, 3.8) is 0 Å². The van der Waals surface area contributed by atoms with Gasteiger partial charge in [-0.25, -0.2) is 4.98 Å². The molecule has 0 saturated carbocycles. The molecule has 2 heterocycles. The molecule has 0 fully saturated rings. The molecule has 166 valence electrons. The van der Waals surface area contributed by atoms with E-state index in [-0.39, 0.29) is 17.1 Å². The monoisotopic (exact) mass is 436 g/mol. The number of Topliss-reactive ketones (excluding diaryl/α,β-unsaturated/α-hetero) is 1. The Morgan fingerprint density at radius 3 is 2.26 bits per heavy atom. The SMILES string of the molecule is COc1cc(-c2cnc3cc(C(C)(C)O)ccn23)cc(OC)c1C(=O)CCC(F)(F)F. The molecule has 1 aromatic carbocycles. The molecule has 0 aliphatic rings. The maximum atomic E-state index is 12.6. The minimum Gasteiger partial charge on any atom is -0.496 e. The summed E-state index contributed by atoms with van der Waals surface area (Å²) in [4.78, 5) is 16.9. The first-order valence-corrected chi connectivity index (χ1v) is 9.51. The van der Waals surface area contributed by atoms with Crippen molar-refractivity contribution >= 4 is 11.4 Å². The predicted octanol–water partition coefficient (Wildman–Crippen LogP) is 4.77. The number of aliphatic hydroxyl groups is 1. The average molecular weight is 436 g/mol. The van der Waals surface area contributed by atoms with E-state index in [0.29, 0.717) is 22.5 Å². The lowest BCUT2D eigenvalue weighted by Crippen LogP contribution is -2.15. The van der Waals surface area contributed by atoms with Gasteiger partial charge in [0.1, 0.15) is 22.7 Å². The van der Waals surface area contributed by atoms with Crippen LogP contribution in [-0.4, -0.2) is 40.7 Å². The third kappa shape index (κ3) is 4.82. The Kier molecular flexibility index (Phi) is 6.00. The summed E-state index contributed by atoms with van der Waals surface area (Å²) in [5, 5.41) is 10.2. The highest BCUT2D eigenvalue weighted by molar-refractivity contribution is 6.02. The number of nitrogens with zero attached hydrogens (tertiary/aromatic N) is 2. The molecular weight excluding hydrogens is 413 g/mol. The number of imidazole rings is 1. The van der Waals surface area contributed by atoms with Crippen molar-refractivity contribution in [2.75, 3.05) is 14.2 Å². The van der Waals surface area contributed by atoms with E-state index in [4.69, 9.17) is 9.47 Å². The molecule has 1 N–H and O–H groups in total. The van der Waals surface area contributed by atoms with Gasteiger partial charge in [0.05, 0.1) is 38.1 Å². The van der Waals surface area contributed by atoms with E-state index in [9.17, 15) is 23.1 Å². The highest BCUT2D eigenvalue weighted by Gasteiger charge is 2.30. The summed E-state index contributed by atoms with van der Waals surface area (Å²) in [6, 6.07) is 6.65. The van der Waals surface area contributed by atoms with E-state index < -0.39 is 30.4 Å². The molecule has 3 aromatic rings. The van der Waals surface area contributed by atoms with Crippen LogP contribution in [0.5, 0.6) is 11.5 Å². The number of alkyl halides is 3. The number of fused-ring (bicyclic) bond motifs is 1. The normalized spacial score (nSPS) is 12.3. The van der Waals surface area contributed by atoms with E-state index in [0.717, 1.165) is 0 Å². The lowest BCUT2D eigenvalue weighted by molar-refractivity contribution is -0.133. The van der Waals surface area contributed by atoms with E-state index >= 15 is 0 Å². The van der Waals surface area contributed by atoms with Crippen LogP contribution in [0.1, 0.15) is 42.6 Å². The molecule has 31 heavy (non-hydrogen) atoms. The molecule has 0 unspecified atom stereocenters. The van der Waals surface area contributed by atoms with Crippen LogP contribution in [0.2, 0.25) is 0 Å². The number of methoxy groups -OCH3 is 2. The van der Waals surface area contributed by atoms with Crippen LogP contribution in [0.3, 0.4) is 0 Å². The fraction of sp³-hybridized carbons (Fsp3) is 0.364. The molecule has 0 atom stereocenters. The molecule has 0 radical (unpaired) electrons. The summed E-state index contributed by atoms with van der Waals surface area (Å²) < 4.78 is 50.1. The fourth-order valence-corrected chi connectivity index (χ4v) is 3.29. The van der Waals surface area contributed by atoms with Gasteiger partial charge in [-0.2, -0.15) is 13.2 Å². The van der Waals surface area contributed by atoms with Crippen molar-refractivity contribution in [3.05, 3.63) is 47.8 Å². The Morgan fingerprint density at radius 2 is 1.74 bits per heavy atom. The smallest absolute Gasteiger partial charge is 0.389 e. The molecule has 0 amide bonds. The number of hydrogen-bond acceptors (Lipinski definition) is 5. The molecule has 0 spiro atoms. The van der Waals surface area contributed by atoms with Gasteiger partial charge in [0.25, 0.3) is 0 Å². The maximum Gasteiger partial charge on any atom is 0.389 e. The second-order valence-electron chi connectivity index (χ2n) is 7.64. The van der Waals surface area contributed by atoms with E-state index in [1.54, 1.807) is 54.9 Å². The predicted molar refractivity (Wildman–Crippen MR) is 109 cm³/mol. The van der Waals surface area contributed by atoms with E-state index in [1.165, 1.54) is 14.2 Å². The summed E-state index contributed by atoms with van der Waals surface area (Å²) in [5.74, 6) is -0.486. The first kappa shape index (κ1) is 22.6. The quantitative estimate of drug-likeness (QED) is 0.540. The van der Waals surface area contributed by atoms with Gasteiger partial charge >= 0.3 is 6.18 Å². The number of carbonyl (C=O) groups excluding carboxylic acids is 1. The summed E-state index contributed by atoms with van der Waals surface area (Å²) in [6.07, 6.45) is -2.99. The molecule has 0 aliphatic heterocycles. The number of carbonyl (C=O) groups is 1. The summed E-state index contributed by atoms with van der Waals surface area (Å²) in [7, 11) is 2.67. The van der Waals surface area contributed by atoms with Crippen LogP contribution < -0.4 is 9.47 Å². The third-order valence-corrected chi connectivity index (χ3v) is 4.94. The summed E-state index contributed by atoms with van der Waals surface area (Å²) in [6.45, 7) is 3.35. The number of pyridine rings is 1. The van der Waals surface area contributed by atoms with Gasteiger partial charge in [-0.15, -0.1) is 0 Å². The number of aromatic nitrogens is 2. The van der Waals surface area contributed by atoms with Crippen molar-refractivity contribution in [1.82, 2.24) is 9.38 Å². The molecule has 9 heteroatoms. The van der Waals surface area contributed by atoms with Crippen LogP contribution in [0.25, 0.3) is 16.9 Å². The molecule has 0 aliphatic carbocycles. The largest absolute Gasteiger partial charge is 0.496 e. The van der Waals surface area contributed by atoms with Gasteiger partial charge in [-0.1, -0.05) is 0 Å². The van der Waals surface area contributed by atoms with Crippen LogP contribution in [-0.2, 0) is 5.60 Å². The van der Waals surface area contributed by atoms with Crippen LogP contribution >= 0.6 is 0 Å². The van der Waals surface area contributed by atoms with Gasteiger partial charge < -0.3 is 14.6 Å². The van der Waals surface area contributed by atoms with Crippen LogP contribution in [0.15, 0.2) is 36.7 Å². The zero-order chi connectivity index (χ0) is 23.0. The molecule has 0 bridgehead atoms. The molecule has 0 saturated heterocycles. The number of ketones is 1. The first-order valence-electron chi connectivity index (χ1n) is 9.51. The molecule has 6 nitrogen and oxygen atoms in total. The minimum atomic E-state index is -4.44. The Bertz CT molecular complexity index is 1090. The Balaban J connectivity index is 2.06. The van der Waals surface area contributed by atoms with E-state index in [2.05, 4.69) is 4.98 Å². The van der Waals surface area contributed by atoms with Gasteiger partial charge in [0, 0.05) is 18.2 Å². The zero-order valence-electron chi connectivity index (χ0n) is 17.6. The maximum absolute atomic E-state index is 12.6. The lowest BCUT2D eigenvalue weighted by Gasteiger charge is -2.18. The minimum absolute atomic E-state index is 0.0314. The molecule has 3 rings (SSSR count). The zero-order valence-corrected chi connectivity index (χ0v) is 17.6. The highest BCUT2D eigenvalue weighted by Crippen LogP contribution is 2.37. The second-order valence-corrected chi connectivity index (χ2v) is 7.64. The van der Waals surface area contributed by atoms with Crippen molar-refractivity contribution < 1.29 is 32.5 Å². The molecule has 2 aromatic heterocycles. The topological polar surface area (TPSA) is 73.1 Å². The standard InChI is InChI=1S/C22H23F3N2O4/c1-21(2,29)14-6-8-27-15(12-26-19(27)11-14)13-9-17(30-3)20(18(10-13)31-4)16(28)5-7-22(23,24)25/h6,8-12,29H,5,7H2,1-4H3. The number of halogens is 3. The fourth-order valence-electron chi connectivity index (χ4n) is 3.29. The second kappa shape index (κ2) is 8.22. The Labute approximate surface area is 177 Å². The first-order chi connectivity index (χ1) is 14.4. The van der Waals surface area contributed by atoms with Crippen molar-refractivity contribution in [1.29, 1.82) is 0 Å². The van der Waals surface area contributed by atoms with Gasteiger partial charge in [0.15, 0.2) is 5.78 Å². The van der Waals surface area contributed by atoms with Gasteiger partial charge in [-0.05, 0) is 43.7 Å². The van der Waals surface area contributed by atoms with Crippen molar-refractivity contribution in [3.8, 4) is 22.8 Å². The molecular formula is C22H23F3N2O4. The van der Waals surface area contributed by atoms with Gasteiger partial charge in [0.2, 0.25) is 0 Å². The van der Waals surface area contributed by atoms with Crippen molar-refractivity contribution in [2.45, 2.75) is 38.5 Å². The van der Waals surface area contributed by atoms with Crippen LogP contribution in [0, 0.1) is 0 Å². The number of hydrogen-bond donors (Lipinski definition) is 1. The average Bonchev–Trinajstić information content (AvgIpc) is 3.13. The third-order valence-electron chi connectivity index (χ3n) is 4.94. The number of ether oxygens (including phenoxy) is 2. The summed E-state index contributed by atoms with van der Waals surface area (Å²) in [5.41, 5.74) is 1.48. The highest BCUT2D eigenvalue weighted by atomic mass is 19.4. The van der Waals surface area contributed by atoms with E-state index in [1.807, 2.05) is 0 Å². The Morgan fingerprint density at radius 1 is 1.13 bits per heavy atom. The number of rotatable bonds is 7. The summed E-state index contributed by atoms with van der Waals surface area (Å²) >= 11 is 0. The van der Waals surface area contributed by atoms with Crippen molar-refractivity contribution in [2.24, 2.45) is 0 Å². The lowest BCUT2D eigenvalue weighted by atomic mass is 9.99. The number of benzene rings is 1. The van der Waals surface area contributed by atoms with Gasteiger partial charge in [-0.3, -0.25) is 9.20 Å². The van der Waals surface area contributed by atoms with Crippen LogP contribution in [0.4, 0.5) is 13.2 Å².